The second kappa shape index (κ2) is 9.50. The predicted octanol–water partition coefficient (Wildman–Crippen LogP) is 3.34. The molecule has 3 atom stereocenters. The Hall–Kier alpha value is -1.95. The second-order valence-corrected chi connectivity index (χ2v) is 8.44. The van der Waals surface area contributed by atoms with Crippen LogP contribution < -0.4 is 5.32 Å². The van der Waals surface area contributed by atoms with Crippen LogP contribution in [-0.2, 0) is 16.1 Å². The van der Waals surface area contributed by atoms with Crippen LogP contribution in [0.3, 0.4) is 0 Å². The van der Waals surface area contributed by atoms with Crippen LogP contribution in [0.25, 0.3) is 0 Å². The van der Waals surface area contributed by atoms with E-state index in [1.54, 1.807) is 9.80 Å². The van der Waals surface area contributed by atoms with Crippen LogP contribution in [0.15, 0.2) is 30.3 Å². The third-order valence-corrected chi connectivity index (χ3v) is 6.30. The number of carbonyl (C=O) groups excluding carboxylic acids is 2. The molecular weight excluding hydrogens is 370 g/mol. The molecule has 2 amide bonds. The molecule has 6 heteroatoms. The van der Waals surface area contributed by atoms with Gasteiger partial charge in [0.2, 0.25) is 11.8 Å². The van der Waals surface area contributed by atoms with Crippen LogP contribution in [0, 0.1) is 11.8 Å². The van der Waals surface area contributed by atoms with E-state index >= 15 is 0 Å². The highest BCUT2D eigenvalue weighted by Gasteiger charge is 2.44. The van der Waals surface area contributed by atoms with Crippen molar-refractivity contribution >= 4 is 29.1 Å². The summed E-state index contributed by atoms with van der Waals surface area (Å²) >= 11 is 5.46. The summed E-state index contributed by atoms with van der Waals surface area (Å²) in [6.45, 7) is 3.46. The highest BCUT2D eigenvalue weighted by Crippen LogP contribution is 2.34. The number of carbonyl (C=O) groups is 2. The van der Waals surface area contributed by atoms with Gasteiger partial charge in [0.25, 0.3) is 0 Å². The van der Waals surface area contributed by atoms with Gasteiger partial charge >= 0.3 is 0 Å². The van der Waals surface area contributed by atoms with Gasteiger partial charge in [0, 0.05) is 32.1 Å². The first kappa shape index (κ1) is 20.8. The Morgan fingerprint density at radius 1 is 1.25 bits per heavy atom. The van der Waals surface area contributed by atoms with Gasteiger partial charge in [-0.1, -0.05) is 50.1 Å². The molecule has 1 heterocycles. The Morgan fingerprint density at radius 3 is 2.71 bits per heavy atom. The molecule has 0 bridgehead atoms. The molecule has 2 fully saturated rings. The topological polar surface area (TPSA) is 52.7 Å². The Bertz CT molecular complexity index is 709. The molecule has 1 saturated carbocycles. The van der Waals surface area contributed by atoms with Crippen LogP contribution in [0.5, 0.6) is 0 Å². The maximum atomic E-state index is 12.9. The van der Waals surface area contributed by atoms with Gasteiger partial charge in [0.1, 0.15) is 0 Å². The lowest BCUT2D eigenvalue weighted by Crippen LogP contribution is -2.62. The highest BCUT2D eigenvalue weighted by molar-refractivity contribution is 7.80. The first-order valence-corrected chi connectivity index (χ1v) is 10.8. The standard InChI is InChI=1S/C22H31N3O2S/c1-3-4-8-13-25-21(27)18-12-11-17(14-19(18)23-22(25)28)20(26)24(2)15-16-9-6-5-7-10-16/h5-7,9-10,17-19H,3-4,8,11-15H2,1-2H3,(H,23,28). The Balaban J connectivity index is 1.58. The van der Waals surface area contributed by atoms with Crippen molar-refractivity contribution in [1.82, 2.24) is 15.1 Å². The molecule has 1 aliphatic carbocycles. The summed E-state index contributed by atoms with van der Waals surface area (Å²) < 4.78 is 0. The lowest BCUT2D eigenvalue weighted by Gasteiger charge is -2.44. The van der Waals surface area contributed by atoms with Gasteiger partial charge in [0.05, 0.1) is 5.92 Å². The molecule has 1 aliphatic heterocycles. The third-order valence-electron chi connectivity index (χ3n) is 5.96. The fraction of sp³-hybridized carbons (Fsp3) is 0.591. The summed E-state index contributed by atoms with van der Waals surface area (Å²) in [4.78, 5) is 29.4. The van der Waals surface area contributed by atoms with Crippen molar-refractivity contribution in [2.45, 2.75) is 58.0 Å². The third kappa shape index (κ3) is 4.72. The van der Waals surface area contributed by atoms with E-state index in [9.17, 15) is 9.59 Å². The number of hydrogen-bond donors (Lipinski definition) is 1. The molecule has 1 aromatic carbocycles. The summed E-state index contributed by atoms with van der Waals surface area (Å²) in [6, 6.07) is 10.0. The zero-order chi connectivity index (χ0) is 20.1. The fourth-order valence-electron chi connectivity index (χ4n) is 4.37. The number of unbranched alkanes of at least 4 members (excludes halogenated alkanes) is 2. The monoisotopic (exact) mass is 401 g/mol. The molecule has 1 saturated heterocycles. The molecule has 0 aromatic heterocycles. The number of hydrogen-bond acceptors (Lipinski definition) is 3. The zero-order valence-electron chi connectivity index (χ0n) is 16.9. The zero-order valence-corrected chi connectivity index (χ0v) is 17.7. The van der Waals surface area contributed by atoms with E-state index in [0.29, 0.717) is 24.6 Å². The van der Waals surface area contributed by atoms with E-state index in [4.69, 9.17) is 12.2 Å². The predicted molar refractivity (Wildman–Crippen MR) is 115 cm³/mol. The van der Waals surface area contributed by atoms with E-state index in [1.807, 2.05) is 37.4 Å². The SMILES string of the molecule is CCCCCN1C(=O)C2CCC(C(=O)N(C)Cc3ccccc3)CC2NC1=S. The second-order valence-electron chi connectivity index (χ2n) is 8.05. The smallest absolute Gasteiger partial charge is 0.233 e. The van der Waals surface area contributed by atoms with Gasteiger partial charge in [0.15, 0.2) is 5.11 Å². The van der Waals surface area contributed by atoms with Crippen molar-refractivity contribution in [3.63, 3.8) is 0 Å². The van der Waals surface area contributed by atoms with E-state index < -0.39 is 0 Å². The van der Waals surface area contributed by atoms with Crippen molar-refractivity contribution in [3.8, 4) is 0 Å². The maximum absolute atomic E-state index is 12.9. The van der Waals surface area contributed by atoms with Crippen molar-refractivity contribution in [2.75, 3.05) is 13.6 Å². The summed E-state index contributed by atoms with van der Waals surface area (Å²) in [5.41, 5.74) is 1.13. The molecule has 2 aliphatic rings. The van der Waals surface area contributed by atoms with Crippen LogP contribution >= 0.6 is 12.2 Å². The van der Waals surface area contributed by atoms with Gasteiger partial charge in [-0.2, -0.15) is 0 Å². The van der Waals surface area contributed by atoms with Crippen molar-refractivity contribution in [3.05, 3.63) is 35.9 Å². The largest absolute Gasteiger partial charge is 0.359 e. The number of nitrogens with zero attached hydrogens (tertiary/aromatic N) is 2. The van der Waals surface area contributed by atoms with Crippen molar-refractivity contribution in [1.29, 1.82) is 0 Å². The molecule has 28 heavy (non-hydrogen) atoms. The minimum absolute atomic E-state index is 0.0183. The van der Waals surface area contributed by atoms with Crippen molar-refractivity contribution < 1.29 is 9.59 Å². The van der Waals surface area contributed by atoms with Crippen LogP contribution in [0.1, 0.15) is 51.0 Å². The van der Waals surface area contributed by atoms with Crippen LogP contribution in [-0.4, -0.2) is 46.4 Å². The molecule has 3 rings (SSSR count). The van der Waals surface area contributed by atoms with Gasteiger partial charge in [-0.05, 0) is 43.5 Å². The molecule has 3 unspecified atom stereocenters. The van der Waals surface area contributed by atoms with Crippen molar-refractivity contribution in [2.24, 2.45) is 11.8 Å². The lowest BCUT2D eigenvalue weighted by atomic mass is 9.76. The van der Waals surface area contributed by atoms with Gasteiger partial charge < -0.3 is 10.2 Å². The van der Waals surface area contributed by atoms with E-state index in [2.05, 4.69) is 12.2 Å². The minimum atomic E-state index is -0.0585. The average molecular weight is 402 g/mol. The Kier molecular flexibility index (Phi) is 7.05. The van der Waals surface area contributed by atoms with Gasteiger partial charge in [-0.3, -0.25) is 14.5 Å². The highest BCUT2D eigenvalue weighted by atomic mass is 32.1. The molecule has 5 nitrogen and oxygen atoms in total. The lowest BCUT2D eigenvalue weighted by molar-refractivity contribution is -0.141. The molecule has 0 radical (unpaired) electrons. The van der Waals surface area contributed by atoms with E-state index in [-0.39, 0.29) is 29.7 Å². The number of benzene rings is 1. The summed E-state index contributed by atoms with van der Waals surface area (Å²) in [7, 11) is 1.86. The van der Waals surface area contributed by atoms with Crippen LogP contribution in [0.2, 0.25) is 0 Å². The summed E-state index contributed by atoms with van der Waals surface area (Å²) in [5, 5.41) is 3.90. The first-order chi connectivity index (χ1) is 13.5. The van der Waals surface area contributed by atoms with Gasteiger partial charge in [-0.15, -0.1) is 0 Å². The number of fused-ring (bicyclic) bond motifs is 1. The van der Waals surface area contributed by atoms with Gasteiger partial charge in [-0.25, -0.2) is 0 Å². The number of rotatable bonds is 7. The molecule has 1 N–H and O–H groups in total. The minimum Gasteiger partial charge on any atom is -0.359 e. The molecule has 0 spiro atoms. The fourth-order valence-corrected chi connectivity index (χ4v) is 4.70. The maximum Gasteiger partial charge on any atom is 0.233 e. The normalized spacial score (nSPS) is 24.5. The summed E-state index contributed by atoms with van der Waals surface area (Å²) in [5.74, 6) is 0.197. The van der Waals surface area contributed by atoms with E-state index in [0.717, 1.165) is 37.7 Å². The molecule has 1 aromatic rings. The molecular formula is C22H31N3O2S. The quantitative estimate of drug-likeness (QED) is 0.562. The average Bonchev–Trinajstić information content (AvgIpc) is 2.70. The molecule has 152 valence electrons. The first-order valence-electron chi connectivity index (χ1n) is 10.4. The van der Waals surface area contributed by atoms with Crippen LogP contribution in [0.4, 0.5) is 0 Å². The number of nitrogens with one attached hydrogen (secondary N) is 1. The Morgan fingerprint density at radius 2 is 2.00 bits per heavy atom. The summed E-state index contributed by atoms with van der Waals surface area (Å²) in [6.07, 6.45) is 5.39. The number of thiocarbonyl (C=S) groups is 1. The Labute approximate surface area is 173 Å². The number of amides is 2. The van der Waals surface area contributed by atoms with E-state index in [1.165, 1.54) is 0 Å².